The van der Waals surface area contributed by atoms with Crippen molar-refractivity contribution in [3.05, 3.63) is 24.2 Å². The van der Waals surface area contributed by atoms with Gasteiger partial charge in [0, 0.05) is 19.0 Å². The molecule has 1 aromatic rings. The molecule has 0 saturated carbocycles. The molecule has 0 bridgehead atoms. The molecule has 2 heterocycles. The quantitative estimate of drug-likeness (QED) is 0.735. The minimum atomic E-state index is -0.0486. The van der Waals surface area contributed by atoms with E-state index in [4.69, 9.17) is 4.42 Å². The van der Waals surface area contributed by atoms with Crippen LogP contribution in [0.5, 0.6) is 0 Å². The van der Waals surface area contributed by atoms with Gasteiger partial charge in [-0.05, 0) is 19.4 Å². The summed E-state index contributed by atoms with van der Waals surface area (Å²) in [6.07, 6.45) is 3.69. The normalized spacial score (nSPS) is 20.6. The molecule has 2 rings (SSSR count). The lowest BCUT2D eigenvalue weighted by Crippen LogP contribution is -2.29. The number of hydrogen-bond acceptors (Lipinski definition) is 3. The van der Waals surface area contributed by atoms with E-state index < -0.39 is 0 Å². The van der Waals surface area contributed by atoms with Gasteiger partial charge in [-0.2, -0.15) is 0 Å². The van der Waals surface area contributed by atoms with E-state index in [1.807, 2.05) is 0 Å². The first kappa shape index (κ1) is 9.96. The lowest BCUT2D eigenvalue weighted by atomic mass is 10.1. The minimum absolute atomic E-state index is 0.0147. The van der Waals surface area contributed by atoms with Gasteiger partial charge in [-0.15, -0.1) is 0 Å². The summed E-state index contributed by atoms with van der Waals surface area (Å²) < 4.78 is 4.86. The number of carbonyl (C=O) groups is 2. The number of hydrogen-bond donors (Lipinski definition) is 0. The number of ketones is 1. The Kier molecular flexibility index (Phi) is 2.58. The lowest BCUT2D eigenvalue weighted by molar-refractivity contribution is -0.120. The molecule has 0 radical (unpaired) electrons. The highest BCUT2D eigenvalue weighted by Crippen LogP contribution is 2.19. The van der Waals surface area contributed by atoms with Crippen LogP contribution in [0.2, 0.25) is 0 Å². The predicted octanol–water partition coefficient (Wildman–Crippen LogP) is 1.33. The van der Waals surface area contributed by atoms with Crippen LogP contribution >= 0.6 is 0 Å². The molecule has 1 aliphatic rings. The van der Waals surface area contributed by atoms with Crippen LogP contribution in [0.25, 0.3) is 0 Å². The van der Waals surface area contributed by atoms with E-state index in [9.17, 15) is 9.59 Å². The van der Waals surface area contributed by atoms with Crippen LogP contribution in [0.3, 0.4) is 0 Å². The van der Waals surface area contributed by atoms with Gasteiger partial charge in [0.2, 0.25) is 0 Å². The molecule has 1 amide bonds. The topological polar surface area (TPSA) is 50.5 Å². The van der Waals surface area contributed by atoms with Gasteiger partial charge in [-0.25, -0.2) is 0 Å². The van der Waals surface area contributed by atoms with Gasteiger partial charge in [-0.1, -0.05) is 0 Å². The molecule has 0 aliphatic carbocycles. The molecule has 1 aromatic heterocycles. The van der Waals surface area contributed by atoms with Crippen LogP contribution in [0, 0.1) is 5.92 Å². The van der Waals surface area contributed by atoms with Crippen LogP contribution in [-0.2, 0) is 4.79 Å². The van der Waals surface area contributed by atoms with Crippen molar-refractivity contribution in [3.8, 4) is 0 Å². The van der Waals surface area contributed by atoms with Gasteiger partial charge in [-0.3, -0.25) is 9.59 Å². The van der Waals surface area contributed by atoms with Crippen molar-refractivity contribution in [3.63, 3.8) is 0 Å². The lowest BCUT2D eigenvalue weighted by Gasteiger charge is -2.14. The molecule has 1 atom stereocenters. The van der Waals surface area contributed by atoms with Crippen LogP contribution < -0.4 is 0 Å². The van der Waals surface area contributed by atoms with Gasteiger partial charge in [0.25, 0.3) is 5.91 Å². The van der Waals surface area contributed by atoms with Gasteiger partial charge < -0.3 is 9.32 Å². The molecule has 1 aliphatic heterocycles. The van der Waals surface area contributed by atoms with E-state index >= 15 is 0 Å². The van der Waals surface area contributed by atoms with E-state index in [-0.39, 0.29) is 17.6 Å². The smallest absolute Gasteiger partial charge is 0.257 e. The van der Waals surface area contributed by atoms with Gasteiger partial charge in [0.1, 0.15) is 12.0 Å². The Labute approximate surface area is 87.9 Å². The number of Topliss-reactive ketones (excluding diaryl/α,β-unsaturated/α-hetero) is 1. The highest BCUT2D eigenvalue weighted by atomic mass is 16.3. The Morgan fingerprint density at radius 2 is 2.33 bits per heavy atom. The first-order chi connectivity index (χ1) is 7.18. The second-order valence-corrected chi connectivity index (χ2v) is 3.86. The maximum absolute atomic E-state index is 11.8. The van der Waals surface area contributed by atoms with E-state index in [0.29, 0.717) is 18.7 Å². The SMILES string of the molecule is CC(=O)[C@H]1CCN(C(=O)c2ccoc2)C1. The molecular formula is C11H13NO3. The zero-order valence-electron chi connectivity index (χ0n) is 8.60. The highest BCUT2D eigenvalue weighted by Gasteiger charge is 2.29. The van der Waals surface area contributed by atoms with E-state index in [1.54, 1.807) is 17.9 Å². The third-order valence-corrected chi connectivity index (χ3v) is 2.82. The Balaban J connectivity index is 2.02. The largest absolute Gasteiger partial charge is 0.472 e. The molecule has 1 fully saturated rings. The van der Waals surface area contributed by atoms with Crippen LogP contribution in [0.4, 0.5) is 0 Å². The van der Waals surface area contributed by atoms with E-state index in [0.717, 1.165) is 6.42 Å². The summed E-state index contributed by atoms with van der Waals surface area (Å²) in [5.74, 6) is 0.130. The second-order valence-electron chi connectivity index (χ2n) is 3.86. The third-order valence-electron chi connectivity index (χ3n) is 2.82. The fourth-order valence-electron chi connectivity index (χ4n) is 1.85. The summed E-state index contributed by atoms with van der Waals surface area (Å²) in [4.78, 5) is 24.7. The average molecular weight is 207 g/mol. The Morgan fingerprint density at radius 1 is 1.53 bits per heavy atom. The van der Waals surface area contributed by atoms with E-state index in [2.05, 4.69) is 0 Å². The van der Waals surface area contributed by atoms with Crippen LogP contribution in [0.15, 0.2) is 23.0 Å². The number of likely N-dealkylation sites (tertiary alicyclic amines) is 1. The summed E-state index contributed by atoms with van der Waals surface area (Å²) >= 11 is 0. The fourth-order valence-corrected chi connectivity index (χ4v) is 1.85. The average Bonchev–Trinajstić information content (AvgIpc) is 2.88. The summed E-state index contributed by atoms with van der Waals surface area (Å²) in [5, 5.41) is 0. The minimum Gasteiger partial charge on any atom is -0.472 e. The monoisotopic (exact) mass is 207 g/mol. The maximum Gasteiger partial charge on any atom is 0.257 e. The van der Waals surface area contributed by atoms with Crippen molar-refractivity contribution in [1.29, 1.82) is 0 Å². The predicted molar refractivity (Wildman–Crippen MR) is 53.4 cm³/mol. The molecule has 0 spiro atoms. The first-order valence-corrected chi connectivity index (χ1v) is 5.00. The van der Waals surface area contributed by atoms with Gasteiger partial charge in [0.15, 0.2) is 0 Å². The molecule has 0 aromatic carbocycles. The van der Waals surface area contributed by atoms with Crippen LogP contribution in [-0.4, -0.2) is 29.7 Å². The van der Waals surface area contributed by atoms with Gasteiger partial charge in [0.05, 0.1) is 11.8 Å². The van der Waals surface area contributed by atoms with Crippen molar-refractivity contribution in [2.75, 3.05) is 13.1 Å². The number of amides is 1. The van der Waals surface area contributed by atoms with Crippen molar-refractivity contribution < 1.29 is 14.0 Å². The first-order valence-electron chi connectivity index (χ1n) is 5.00. The second kappa shape index (κ2) is 3.88. The zero-order chi connectivity index (χ0) is 10.8. The Morgan fingerprint density at radius 3 is 2.87 bits per heavy atom. The molecule has 4 heteroatoms. The molecule has 15 heavy (non-hydrogen) atoms. The van der Waals surface area contributed by atoms with Crippen molar-refractivity contribution in [2.24, 2.45) is 5.92 Å². The number of rotatable bonds is 2. The number of furan rings is 1. The zero-order valence-corrected chi connectivity index (χ0v) is 8.60. The highest BCUT2D eigenvalue weighted by molar-refractivity contribution is 5.94. The summed E-state index contributed by atoms with van der Waals surface area (Å²) in [5.41, 5.74) is 0.555. The fraction of sp³-hybridized carbons (Fsp3) is 0.455. The molecule has 0 unspecified atom stereocenters. The summed E-state index contributed by atoms with van der Waals surface area (Å²) in [7, 11) is 0. The van der Waals surface area contributed by atoms with Crippen LogP contribution in [0.1, 0.15) is 23.7 Å². The summed E-state index contributed by atoms with van der Waals surface area (Å²) in [6, 6.07) is 1.64. The number of nitrogens with zero attached hydrogens (tertiary/aromatic N) is 1. The van der Waals surface area contributed by atoms with Crippen molar-refractivity contribution >= 4 is 11.7 Å². The van der Waals surface area contributed by atoms with Gasteiger partial charge >= 0.3 is 0 Å². The Hall–Kier alpha value is -1.58. The molecule has 1 saturated heterocycles. The molecule has 4 nitrogen and oxygen atoms in total. The molecule has 0 N–H and O–H groups in total. The molecular weight excluding hydrogens is 194 g/mol. The standard InChI is InChI=1S/C11H13NO3/c1-8(13)9-2-4-12(6-9)11(14)10-3-5-15-7-10/h3,5,7,9H,2,4,6H2,1H3/t9-/m0/s1. The van der Waals surface area contributed by atoms with Crippen molar-refractivity contribution in [1.82, 2.24) is 4.90 Å². The Bertz CT molecular complexity index is 369. The summed E-state index contributed by atoms with van der Waals surface area (Å²) in [6.45, 7) is 2.78. The molecule has 80 valence electrons. The number of carbonyl (C=O) groups excluding carboxylic acids is 2. The van der Waals surface area contributed by atoms with Crippen molar-refractivity contribution in [2.45, 2.75) is 13.3 Å². The maximum atomic E-state index is 11.8. The van der Waals surface area contributed by atoms with E-state index in [1.165, 1.54) is 12.5 Å². The third kappa shape index (κ3) is 1.93.